The van der Waals surface area contributed by atoms with Crippen molar-refractivity contribution < 1.29 is 8.83 Å². The maximum atomic E-state index is 5.80. The first kappa shape index (κ1) is 16.1. The summed E-state index contributed by atoms with van der Waals surface area (Å²) < 4.78 is 14.0. The maximum Gasteiger partial charge on any atom is 0.129 e. The molecule has 0 saturated carbocycles. The van der Waals surface area contributed by atoms with Gasteiger partial charge in [0.05, 0.1) is 8.47 Å². The molecule has 0 N–H and O–H groups in total. The molecule has 4 rings (SSSR count). The third-order valence-electron chi connectivity index (χ3n) is 3.08. The summed E-state index contributed by atoms with van der Waals surface area (Å²) in [7, 11) is 0. The summed E-state index contributed by atoms with van der Waals surface area (Å²) in [6.45, 7) is 0. The molecule has 0 unspecified atom stereocenters. The maximum absolute atomic E-state index is 5.80. The van der Waals surface area contributed by atoms with Crippen LogP contribution in [0.3, 0.4) is 0 Å². The molecule has 2 aromatic heterocycles. The van der Waals surface area contributed by atoms with Crippen LogP contribution in [0, 0.1) is 0 Å². The predicted octanol–water partition coefficient (Wildman–Crippen LogP) is 7.54. The van der Waals surface area contributed by atoms with Gasteiger partial charge in [-0.25, -0.2) is 0 Å². The van der Waals surface area contributed by atoms with Gasteiger partial charge in [0.1, 0.15) is 23.0 Å². The van der Waals surface area contributed by atoms with Gasteiger partial charge in [0.15, 0.2) is 0 Å². The third kappa shape index (κ3) is 4.19. The summed E-state index contributed by atoms with van der Waals surface area (Å²) in [5, 5.41) is 8.29. The van der Waals surface area contributed by atoms with Crippen molar-refractivity contribution in [3.63, 3.8) is 0 Å². The first-order valence-corrected chi connectivity index (χ1v) is 10.6. The second-order valence-electron chi connectivity index (χ2n) is 4.76. The normalized spacial score (nSPS) is 16.7. The Labute approximate surface area is 157 Å². The smallest absolute Gasteiger partial charge is 0.129 e. The van der Waals surface area contributed by atoms with Gasteiger partial charge in [-0.15, -0.1) is 0 Å². The molecular weight excluding hydrogens is 376 g/mol. The lowest BCUT2D eigenvalue weighted by Gasteiger charge is -1.92. The minimum Gasteiger partial charge on any atom is -0.457 e. The van der Waals surface area contributed by atoms with Crippen molar-refractivity contribution in [2.75, 3.05) is 0 Å². The molecule has 4 heterocycles. The minimum absolute atomic E-state index is 0.810. The Morgan fingerprint density at radius 2 is 0.917 bits per heavy atom. The average Bonchev–Trinajstić information content (AvgIpc) is 3.35. The standard InChI is InChI=1S/C18H12O2S4/c1(13-3-5-15(19-13)11-17-21-7-8-22-17)2-14-4-6-16(20-14)12-18-23-9-10-24-18/h1-12H/b2-1+. The SMILES string of the molecule is C1=CSC(=Cc2ccc(/C=C/c3ccc(C=C4SC=CS4)o3)o2)S1. The summed E-state index contributed by atoms with van der Waals surface area (Å²) in [4.78, 5) is 0. The van der Waals surface area contributed by atoms with Crippen LogP contribution in [0.1, 0.15) is 23.0 Å². The molecule has 0 aromatic carbocycles. The number of hydrogen-bond acceptors (Lipinski definition) is 6. The Morgan fingerprint density at radius 3 is 1.33 bits per heavy atom. The summed E-state index contributed by atoms with van der Waals surface area (Å²) in [6.07, 6.45) is 7.95. The van der Waals surface area contributed by atoms with Crippen LogP contribution in [0.15, 0.2) is 63.2 Å². The minimum atomic E-state index is 0.810. The van der Waals surface area contributed by atoms with E-state index in [4.69, 9.17) is 8.83 Å². The van der Waals surface area contributed by atoms with E-state index >= 15 is 0 Å². The van der Waals surface area contributed by atoms with Crippen LogP contribution in [-0.2, 0) is 0 Å². The zero-order chi connectivity index (χ0) is 16.2. The van der Waals surface area contributed by atoms with E-state index in [2.05, 4.69) is 33.8 Å². The molecule has 0 saturated heterocycles. The Kier molecular flexibility index (Phi) is 5.18. The van der Waals surface area contributed by atoms with Crippen LogP contribution >= 0.6 is 47.0 Å². The molecule has 24 heavy (non-hydrogen) atoms. The number of furan rings is 2. The molecule has 0 fully saturated rings. The van der Waals surface area contributed by atoms with Gasteiger partial charge < -0.3 is 8.83 Å². The van der Waals surface area contributed by atoms with E-state index in [-0.39, 0.29) is 0 Å². The van der Waals surface area contributed by atoms with Crippen molar-refractivity contribution >= 4 is 71.4 Å². The molecule has 6 heteroatoms. The molecule has 2 aliphatic rings. The largest absolute Gasteiger partial charge is 0.457 e. The molecule has 2 aliphatic heterocycles. The Balaban J connectivity index is 1.42. The van der Waals surface area contributed by atoms with E-state index in [0.717, 1.165) is 23.0 Å². The van der Waals surface area contributed by atoms with Gasteiger partial charge in [0.25, 0.3) is 0 Å². The lowest BCUT2D eigenvalue weighted by Crippen LogP contribution is -1.66. The van der Waals surface area contributed by atoms with Crippen molar-refractivity contribution in [1.82, 2.24) is 0 Å². The topological polar surface area (TPSA) is 26.3 Å². The van der Waals surface area contributed by atoms with Crippen molar-refractivity contribution in [3.05, 3.63) is 77.4 Å². The van der Waals surface area contributed by atoms with E-state index in [1.54, 1.807) is 47.0 Å². The molecule has 0 aliphatic carbocycles. The molecule has 2 nitrogen and oxygen atoms in total. The summed E-state index contributed by atoms with van der Waals surface area (Å²) >= 11 is 6.84. The molecule has 120 valence electrons. The van der Waals surface area contributed by atoms with Gasteiger partial charge >= 0.3 is 0 Å². The molecule has 0 bridgehead atoms. The van der Waals surface area contributed by atoms with Crippen molar-refractivity contribution in [2.24, 2.45) is 0 Å². The van der Waals surface area contributed by atoms with Crippen molar-refractivity contribution in [1.29, 1.82) is 0 Å². The number of thioether (sulfide) groups is 4. The van der Waals surface area contributed by atoms with Gasteiger partial charge in [-0.05, 0) is 58.0 Å². The first-order chi connectivity index (χ1) is 11.8. The summed E-state index contributed by atoms with van der Waals surface area (Å²) in [5.74, 6) is 3.34. The van der Waals surface area contributed by atoms with Crippen LogP contribution in [-0.4, -0.2) is 0 Å². The lowest BCUT2D eigenvalue weighted by atomic mass is 10.3. The van der Waals surface area contributed by atoms with Crippen LogP contribution < -0.4 is 0 Å². The van der Waals surface area contributed by atoms with Gasteiger partial charge in [0.2, 0.25) is 0 Å². The Bertz CT molecular complexity index is 788. The van der Waals surface area contributed by atoms with Crippen LogP contribution in [0.25, 0.3) is 24.3 Å². The predicted molar refractivity (Wildman–Crippen MR) is 111 cm³/mol. The van der Waals surface area contributed by atoms with E-state index < -0.39 is 0 Å². The molecular formula is C18H12O2S4. The van der Waals surface area contributed by atoms with Gasteiger partial charge in [-0.2, -0.15) is 0 Å². The Hall–Kier alpha value is -1.34. The van der Waals surface area contributed by atoms with E-state index in [0.29, 0.717) is 0 Å². The molecule has 0 atom stereocenters. The highest BCUT2D eigenvalue weighted by molar-refractivity contribution is 8.28. The first-order valence-electron chi connectivity index (χ1n) is 7.13. The number of rotatable bonds is 4. The second-order valence-corrected chi connectivity index (χ2v) is 9.06. The van der Waals surface area contributed by atoms with E-state index in [1.807, 2.05) is 36.4 Å². The van der Waals surface area contributed by atoms with Gasteiger partial charge in [0, 0.05) is 12.2 Å². The highest BCUT2D eigenvalue weighted by Crippen LogP contribution is 2.39. The third-order valence-corrected chi connectivity index (χ3v) is 7.06. The van der Waals surface area contributed by atoms with Crippen LogP contribution in [0.4, 0.5) is 0 Å². The average molecular weight is 389 g/mol. The highest BCUT2D eigenvalue weighted by Gasteiger charge is 2.06. The van der Waals surface area contributed by atoms with Crippen molar-refractivity contribution in [2.45, 2.75) is 0 Å². The quantitative estimate of drug-likeness (QED) is 0.537. The zero-order valence-corrected chi connectivity index (χ0v) is 15.6. The molecule has 0 amide bonds. The van der Waals surface area contributed by atoms with E-state index in [9.17, 15) is 0 Å². The molecule has 0 spiro atoms. The van der Waals surface area contributed by atoms with E-state index in [1.165, 1.54) is 8.47 Å². The van der Waals surface area contributed by atoms with Crippen LogP contribution in [0.5, 0.6) is 0 Å². The number of hydrogen-bond donors (Lipinski definition) is 0. The second kappa shape index (κ2) is 7.70. The zero-order valence-electron chi connectivity index (χ0n) is 12.4. The molecule has 0 radical (unpaired) electrons. The fourth-order valence-electron chi connectivity index (χ4n) is 2.04. The van der Waals surface area contributed by atoms with Crippen LogP contribution in [0.2, 0.25) is 0 Å². The monoisotopic (exact) mass is 388 g/mol. The van der Waals surface area contributed by atoms with Gasteiger partial charge in [-0.1, -0.05) is 47.0 Å². The molecule has 2 aromatic rings. The lowest BCUT2D eigenvalue weighted by molar-refractivity contribution is 0.542. The fraction of sp³-hybridized carbons (Fsp3) is 0. The van der Waals surface area contributed by atoms with Crippen molar-refractivity contribution in [3.8, 4) is 0 Å². The Morgan fingerprint density at radius 1 is 0.542 bits per heavy atom. The summed E-state index contributed by atoms with van der Waals surface area (Å²) in [5.41, 5.74) is 0. The fourth-order valence-corrected chi connectivity index (χ4v) is 5.31. The summed E-state index contributed by atoms with van der Waals surface area (Å²) in [6, 6.07) is 7.88. The highest BCUT2D eigenvalue weighted by atomic mass is 32.2. The van der Waals surface area contributed by atoms with Gasteiger partial charge in [-0.3, -0.25) is 0 Å².